The lowest BCUT2D eigenvalue weighted by Crippen LogP contribution is -2.37. The SMILES string of the molecule is CC1(C)CCC(C)(C)c2nc3c(nc21)CCc1c(-c2ccc(C(=O)O)cc2)nn(Cc2cccnc2)c1-3. The summed E-state index contributed by atoms with van der Waals surface area (Å²) in [5.74, 6) is -0.935. The van der Waals surface area contributed by atoms with E-state index in [1.54, 1.807) is 18.3 Å². The largest absolute Gasteiger partial charge is 0.478 e. The Bertz CT molecular complexity index is 1520. The average molecular weight is 494 g/mol. The summed E-state index contributed by atoms with van der Waals surface area (Å²) in [6.45, 7) is 9.67. The molecule has 3 heterocycles. The van der Waals surface area contributed by atoms with Crippen LogP contribution in [-0.2, 0) is 30.2 Å². The van der Waals surface area contributed by atoms with E-state index in [0.29, 0.717) is 6.54 Å². The van der Waals surface area contributed by atoms with Gasteiger partial charge >= 0.3 is 5.97 Å². The van der Waals surface area contributed by atoms with Crippen LogP contribution in [0.4, 0.5) is 0 Å². The molecule has 7 nitrogen and oxygen atoms in total. The number of fused-ring (bicyclic) bond motifs is 4. The zero-order valence-electron chi connectivity index (χ0n) is 21.7. The number of nitrogens with zero attached hydrogens (tertiary/aromatic N) is 5. The van der Waals surface area contributed by atoms with Gasteiger partial charge in [-0.15, -0.1) is 0 Å². The summed E-state index contributed by atoms with van der Waals surface area (Å²) in [5, 5.41) is 14.4. The molecule has 0 amide bonds. The number of hydrogen-bond donors (Lipinski definition) is 1. The highest BCUT2D eigenvalue weighted by atomic mass is 16.4. The molecule has 4 aromatic rings. The average Bonchev–Trinajstić information content (AvgIpc) is 3.25. The maximum atomic E-state index is 11.4. The number of aromatic carboxylic acids is 1. The molecule has 2 aliphatic carbocycles. The van der Waals surface area contributed by atoms with Gasteiger partial charge < -0.3 is 5.11 Å². The second kappa shape index (κ2) is 8.33. The molecule has 0 saturated carbocycles. The van der Waals surface area contributed by atoms with Crippen molar-refractivity contribution in [3.8, 4) is 22.6 Å². The molecule has 2 aliphatic rings. The number of carbonyl (C=O) groups is 1. The summed E-state index contributed by atoms with van der Waals surface area (Å²) in [5.41, 5.74) is 9.40. The molecule has 0 spiro atoms. The van der Waals surface area contributed by atoms with Crippen LogP contribution in [0.1, 0.15) is 79.1 Å². The highest BCUT2D eigenvalue weighted by Crippen LogP contribution is 2.46. The van der Waals surface area contributed by atoms with Crippen LogP contribution in [0.3, 0.4) is 0 Å². The Hall–Kier alpha value is -3.87. The molecule has 37 heavy (non-hydrogen) atoms. The first-order valence-electron chi connectivity index (χ1n) is 12.9. The van der Waals surface area contributed by atoms with E-state index in [1.165, 1.54) is 0 Å². The minimum atomic E-state index is -0.935. The van der Waals surface area contributed by atoms with Crippen LogP contribution in [0.5, 0.6) is 0 Å². The van der Waals surface area contributed by atoms with E-state index in [4.69, 9.17) is 15.1 Å². The van der Waals surface area contributed by atoms with E-state index in [0.717, 1.165) is 76.5 Å². The van der Waals surface area contributed by atoms with Gasteiger partial charge in [0.15, 0.2) is 0 Å². The monoisotopic (exact) mass is 493 g/mol. The molecule has 3 aromatic heterocycles. The van der Waals surface area contributed by atoms with Crippen molar-refractivity contribution >= 4 is 5.97 Å². The summed E-state index contributed by atoms with van der Waals surface area (Å²) in [4.78, 5) is 26.4. The molecular weight excluding hydrogens is 462 g/mol. The zero-order chi connectivity index (χ0) is 25.9. The zero-order valence-corrected chi connectivity index (χ0v) is 21.7. The highest BCUT2D eigenvalue weighted by molar-refractivity contribution is 5.88. The van der Waals surface area contributed by atoms with Crippen LogP contribution in [0.15, 0.2) is 48.8 Å². The van der Waals surface area contributed by atoms with Gasteiger partial charge in [-0.3, -0.25) is 14.6 Å². The Morgan fingerprint density at radius 3 is 2.30 bits per heavy atom. The van der Waals surface area contributed by atoms with Gasteiger partial charge in [-0.1, -0.05) is 45.9 Å². The van der Waals surface area contributed by atoms with Crippen LogP contribution in [-0.4, -0.2) is 35.8 Å². The van der Waals surface area contributed by atoms with Gasteiger partial charge in [-0.2, -0.15) is 5.10 Å². The van der Waals surface area contributed by atoms with E-state index >= 15 is 0 Å². The molecule has 0 unspecified atom stereocenters. The molecule has 0 saturated heterocycles. The number of rotatable bonds is 4. The van der Waals surface area contributed by atoms with Crippen molar-refractivity contribution in [3.63, 3.8) is 0 Å². The van der Waals surface area contributed by atoms with Crippen molar-refractivity contribution in [2.45, 2.75) is 70.8 Å². The molecule has 6 rings (SSSR count). The summed E-state index contributed by atoms with van der Waals surface area (Å²) < 4.78 is 2.03. The van der Waals surface area contributed by atoms with Gasteiger partial charge in [-0.25, -0.2) is 9.78 Å². The van der Waals surface area contributed by atoms with Crippen LogP contribution in [0.25, 0.3) is 22.6 Å². The van der Waals surface area contributed by atoms with E-state index in [-0.39, 0.29) is 16.4 Å². The van der Waals surface area contributed by atoms with E-state index in [2.05, 4.69) is 38.7 Å². The molecule has 1 aromatic carbocycles. The van der Waals surface area contributed by atoms with Crippen molar-refractivity contribution in [1.82, 2.24) is 24.7 Å². The predicted octanol–water partition coefficient (Wildman–Crippen LogP) is 5.60. The highest BCUT2D eigenvalue weighted by Gasteiger charge is 2.41. The smallest absolute Gasteiger partial charge is 0.335 e. The normalized spacial score (nSPS) is 17.0. The third kappa shape index (κ3) is 3.93. The Morgan fingerprint density at radius 1 is 0.946 bits per heavy atom. The van der Waals surface area contributed by atoms with Crippen molar-refractivity contribution in [1.29, 1.82) is 0 Å². The number of aromatic nitrogens is 5. The Morgan fingerprint density at radius 2 is 1.65 bits per heavy atom. The number of aryl methyl sites for hydroxylation is 1. The van der Waals surface area contributed by atoms with E-state index in [9.17, 15) is 9.90 Å². The first kappa shape index (κ1) is 23.5. The van der Waals surface area contributed by atoms with Crippen molar-refractivity contribution in [2.24, 2.45) is 0 Å². The van der Waals surface area contributed by atoms with Gasteiger partial charge in [0.2, 0.25) is 0 Å². The summed E-state index contributed by atoms with van der Waals surface area (Å²) in [7, 11) is 0. The molecule has 0 aliphatic heterocycles. The second-order valence-corrected chi connectivity index (χ2v) is 11.6. The first-order chi connectivity index (χ1) is 17.6. The molecule has 0 atom stereocenters. The maximum Gasteiger partial charge on any atom is 0.335 e. The summed E-state index contributed by atoms with van der Waals surface area (Å²) >= 11 is 0. The molecule has 0 fully saturated rings. The quantitative estimate of drug-likeness (QED) is 0.398. The Labute approximate surface area is 216 Å². The van der Waals surface area contributed by atoms with Gasteiger partial charge in [0.05, 0.1) is 40.6 Å². The minimum Gasteiger partial charge on any atom is -0.478 e. The lowest BCUT2D eigenvalue weighted by Gasteiger charge is -2.40. The lowest BCUT2D eigenvalue weighted by molar-refractivity contribution is 0.0697. The number of carboxylic acid groups (broad SMARTS) is 1. The summed E-state index contributed by atoms with van der Waals surface area (Å²) in [6.07, 6.45) is 7.42. The third-order valence-electron chi connectivity index (χ3n) is 7.97. The van der Waals surface area contributed by atoms with Crippen LogP contribution in [0.2, 0.25) is 0 Å². The fourth-order valence-corrected chi connectivity index (χ4v) is 5.67. The number of hydrogen-bond acceptors (Lipinski definition) is 5. The van der Waals surface area contributed by atoms with Crippen molar-refractivity contribution in [3.05, 3.63) is 82.6 Å². The maximum absolute atomic E-state index is 11.4. The predicted molar refractivity (Wildman–Crippen MR) is 142 cm³/mol. The van der Waals surface area contributed by atoms with Gasteiger partial charge in [0.25, 0.3) is 0 Å². The molecule has 188 valence electrons. The van der Waals surface area contributed by atoms with Crippen molar-refractivity contribution < 1.29 is 9.90 Å². The van der Waals surface area contributed by atoms with Gasteiger partial charge in [-0.05, 0) is 49.4 Å². The number of pyridine rings is 1. The van der Waals surface area contributed by atoms with E-state index < -0.39 is 5.97 Å². The van der Waals surface area contributed by atoms with Crippen LogP contribution < -0.4 is 0 Å². The molecule has 7 heteroatoms. The van der Waals surface area contributed by atoms with Gasteiger partial charge in [0, 0.05) is 34.4 Å². The third-order valence-corrected chi connectivity index (χ3v) is 7.97. The molecular formula is C30H31N5O2. The molecule has 1 N–H and O–H groups in total. The topological polar surface area (TPSA) is 93.8 Å². The van der Waals surface area contributed by atoms with Crippen LogP contribution in [0, 0.1) is 0 Å². The Balaban J connectivity index is 1.56. The lowest BCUT2D eigenvalue weighted by atomic mass is 9.67. The molecule has 0 radical (unpaired) electrons. The fourth-order valence-electron chi connectivity index (χ4n) is 5.67. The number of benzene rings is 1. The standard InChI is InChI=1S/C30H31N5O2/c1-29(2)13-14-30(3,4)27-26(29)32-22-12-11-21-23(19-7-9-20(10-8-19)28(36)37)34-35(25(21)24(22)33-27)17-18-6-5-15-31-16-18/h5-10,15-16H,11-14,17H2,1-4H3,(H,36,37). The summed E-state index contributed by atoms with van der Waals surface area (Å²) in [6, 6.07) is 11.0. The molecule has 0 bridgehead atoms. The van der Waals surface area contributed by atoms with Gasteiger partial charge in [0.1, 0.15) is 5.69 Å². The van der Waals surface area contributed by atoms with Crippen LogP contribution >= 0.6 is 0 Å². The second-order valence-electron chi connectivity index (χ2n) is 11.6. The first-order valence-corrected chi connectivity index (χ1v) is 12.9. The minimum absolute atomic E-state index is 0.000158. The fraction of sp³-hybridized carbons (Fsp3) is 0.367. The van der Waals surface area contributed by atoms with E-state index in [1.807, 2.05) is 29.1 Å². The number of carboxylic acids is 1. The van der Waals surface area contributed by atoms with Crippen molar-refractivity contribution in [2.75, 3.05) is 0 Å². The Kier molecular flexibility index (Phi) is 5.30.